The average Bonchev–Trinajstić information content (AvgIpc) is 2.77. The number of anilines is 2. The summed E-state index contributed by atoms with van der Waals surface area (Å²) in [5, 5.41) is 5.09. The van der Waals surface area contributed by atoms with Crippen molar-refractivity contribution in [1.29, 1.82) is 0 Å². The lowest BCUT2D eigenvalue weighted by molar-refractivity contribution is -0.115. The normalized spacial score (nSPS) is 10.4. The molecule has 0 fully saturated rings. The zero-order valence-corrected chi connectivity index (χ0v) is 11.2. The smallest absolute Gasteiger partial charge is 0.230 e. The zero-order chi connectivity index (χ0) is 13.7. The van der Waals surface area contributed by atoms with Crippen LogP contribution in [0.1, 0.15) is 11.3 Å². The lowest BCUT2D eigenvalue weighted by Crippen LogP contribution is -2.14. The molecular weight excluding hydrogens is 260 g/mol. The van der Waals surface area contributed by atoms with Crippen molar-refractivity contribution in [3.8, 4) is 0 Å². The van der Waals surface area contributed by atoms with Crippen molar-refractivity contribution >= 4 is 28.1 Å². The second-order valence-electron chi connectivity index (χ2n) is 4.14. The molecule has 5 nitrogen and oxygen atoms in total. The summed E-state index contributed by atoms with van der Waals surface area (Å²) in [4.78, 5) is 15.8. The lowest BCUT2D eigenvalue weighted by Gasteiger charge is -2.05. The molecule has 2 rings (SSSR count). The molecule has 6 heteroatoms. The minimum atomic E-state index is -0.100. The Morgan fingerprint density at radius 2 is 2.05 bits per heavy atom. The minimum Gasteiger partial charge on any atom is -0.375 e. The number of carbonyl (C=O) groups is 1. The molecule has 0 bridgehead atoms. The number of nitrogen functional groups attached to an aromatic ring is 1. The molecule has 0 aliphatic heterocycles. The molecule has 2 aromatic rings. The third kappa shape index (κ3) is 4.04. The van der Waals surface area contributed by atoms with Crippen LogP contribution in [0.15, 0.2) is 29.6 Å². The molecule has 1 heterocycles. The Morgan fingerprint density at radius 1 is 1.32 bits per heavy atom. The van der Waals surface area contributed by atoms with Crippen LogP contribution in [0.3, 0.4) is 0 Å². The van der Waals surface area contributed by atoms with E-state index < -0.39 is 0 Å². The predicted molar refractivity (Wildman–Crippen MR) is 78.1 cm³/mol. The summed E-state index contributed by atoms with van der Waals surface area (Å²) >= 11 is 1.33. The van der Waals surface area contributed by atoms with Crippen LogP contribution in [0.4, 0.5) is 10.8 Å². The molecule has 0 spiro atoms. The highest BCUT2D eigenvalue weighted by molar-refractivity contribution is 7.13. The number of aromatic nitrogens is 1. The Balaban J connectivity index is 1.91. The SMILES string of the molecule is NCCc1ccc(NC(=O)Cc2csc(N)n2)cc1. The van der Waals surface area contributed by atoms with Gasteiger partial charge >= 0.3 is 0 Å². The van der Waals surface area contributed by atoms with E-state index in [1.807, 2.05) is 24.3 Å². The second kappa shape index (κ2) is 6.31. The predicted octanol–water partition coefficient (Wildman–Crippen LogP) is 1.41. The summed E-state index contributed by atoms with van der Waals surface area (Å²) in [6, 6.07) is 7.67. The highest BCUT2D eigenvalue weighted by atomic mass is 32.1. The first kappa shape index (κ1) is 13.5. The molecule has 0 radical (unpaired) electrons. The fourth-order valence-electron chi connectivity index (χ4n) is 1.69. The Kier molecular flexibility index (Phi) is 4.48. The first-order valence-electron chi connectivity index (χ1n) is 5.96. The number of hydrogen-bond acceptors (Lipinski definition) is 5. The van der Waals surface area contributed by atoms with Gasteiger partial charge in [-0.3, -0.25) is 4.79 Å². The van der Waals surface area contributed by atoms with Crippen molar-refractivity contribution in [3.05, 3.63) is 40.9 Å². The first-order chi connectivity index (χ1) is 9.17. The molecule has 0 unspecified atom stereocenters. The number of carbonyl (C=O) groups excluding carboxylic acids is 1. The van der Waals surface area contributed by atoms with E-state index in [9.17, 15) is 4.79 Å². The molecule has 1 amide bonds. The van der Waals surface area contributed by atoms with Gasteiger partial charge in [0.1, 0.15) is 0 Å². The van der Waals surface area contributed by atoms with Crippen molar-refractivity contribution in [2.45, 2.75) is 12.8 Å². The van der Waals surface area contributed by atoms with Gasteiger partial charge in [-0.1, -0.05) is 12.1 Å². The Labute approximate surface area is 115 Å². The standard InChI is InChI=1S/C13H16N4OS/c14-6-5-9-1-3-10(4-2-9)16-12(18)7-11-8-19-13(15)17-11/h1-4,8H,5-7,14H2,(H2,15,17)(H,16,18). The van der Waals surface area contributed by atoms with Crippen LogP contribution in [0.2, 0.25) is 0 Å². The van der Waals surface area contributed by atoms with E-state index in [1.165, 1.54) is 11.3 Å². The van der Waals surface area contributed by atoms with Gasteiger partial charge in [0.15, 0.2) is 5.13 Å². The fraction of sp³-hybridized carbons (Fsp3) is 0.231. The molecule has 100 valence electrons. The van der Waals surface area contributed by atoms with Gasteiger partial charge in [-0.25, -0.2) is 4.98 Å². The maximum atomic E-state index is 11.8. The number of rotatable bonds is 5. The van der Waals surface area contributed by atoms with Gasteiger partial charge in [-0.05, 0) is 30.7 Å². The molecule has 0 aliphatic carbocycles. The van der Waals surface area contributed by atoms with Gasteiger partial charge in [0, 0.05) is 11.1 Å². The molecular formula is C13H16N4OS. The van der Waals surface area contributed by atoms with E-state index in [0.717, 1.165) is 17.7 Å². The lowest BCUT2D eigenvalue weighted by atomic mass is 10.1. The highest BCUT2D eigenvalue weighted by Gasteiger charge is 2.07. The van der Waals surface area contributed by atoms with E-state index in [0.29, 0.717) is 17.4 Å². The second-order valence-corrected chi connectivity index (χ2v) is 5.03. The fourth-order valence-corrected chi connectivity index (χ4v) is 2.26. The molecule has 0 saturated carbocycles. The van der Waals surface area contributed by atoms with Crippen LogP contribution in [0.5, 0.6) is 0 Å². The van der Waals surface area contributed by atoms with Crippen LogP contribution in [0.25, 0.3) is 0 Å². The van der Waals surface area contributed by atoms with Crippen molar-refractivity contribution in [1.82, 2.24) is 4.98 Å². The number of nitrogens with one attached hydrogen (secondary N) is 1. The number of nitrogens with two attached hydrogens (primary N) is 2. The van der Waals surface area contributed by atoms with Crippen LogP contribution in [0, 0.1) is 0 Å². The third-order valence-electron chi connectivity index (χ3n) is 2.58. The zero-order valence-electron chi connectivity index (χ0n) is 10.4. The molecule has 1 aromatic carbocycles. The topological polar surface area (TPSA) is 94.0 Å². The van der Waals surface area contributed by atoms with Gasteiger partial charge < -0.3 is 16.8 Å². The molecule has 5 N–H and O–H groups in total. The summed E-state index contributed by atoms with van der Waals surface area (Å²) in [5.41, 5.74) is 13.6. The van der Waals surface area contributed by atoms with E-state index in [2.05, 4.69) is 10.3 Å². The quantitative estimate of drug-likeness (QED) is 0.769. The molecule has 0 saturated heterocycles. The largest absolute Gasteiger partial charge is 0.375 e. The Hall–Kier alpha value is -1.92. The van der Waals surface area contributed by atoms with E-state index >= 15 is 0 Å². The summed E-state index contributed by atoms with van der Waals surface area (Å²) in [7, 11) is 0. The van der Waals surface area contributed by atoms with Crippen molar-refractivity contribution in [2.75, 3.05) is 17.6 Å². The number of benzene rings is 1. The number of hydrogen-bond donors (Lipinski definition) is 3. The summed E-state index contributed by atoms with van der Waals surface area (Å²) in [5.74, 6) is -0.100. The average molecular weight is 276 g/mol. The minimum absolute atomic E-state index is 0.100. The molecule has 0 atom stereocenters. The highest BCUT2D eigenvalue weighted by Crippen LogP contribution is 2.13. The van der Waals surface area contributed by atoms with Crippen LogP contribution in [-0.2, 0) is 17.6 Å². The van der Waals surface area contributed by atoms with Gasteiger partial charge in [0.05, 0.1) is 12.1 Å². The van der Waals surface area contributed by atoms with Crippen LogP contribution >= 0.6 is 11.3 Å². The number of amides is 1. The third-order valence-corrected chi connectivity index (χ3v) is 3.30. The van der Waals surface area contributed by atoms with E-state index in [4.69, 9.17) is 11.5 Å². The maximum Gasteiger partial charge on any atom is 0.230 e. The first-order valence-corrected chi connectivity index (χ1v) is 6.84. The van der Waals surface area contributed by atoms with Gasteiger partial charge in [0.2, 0.25) is 5.91 Å². The summed E-state index contributed by atoms with van der Waals surface area (Å²) in [6.07, 6.45) is 1.07. The van der Waals surface area contributed by atoms with Crippen molar-refractivity contribution in [2.24, 2.45) is 5.73 Å². The van der Waals surface area contributed by atoms with Gasteiger partial charge in [0.25, 0.3) is 0 Å². The summed E-state index contributed by atoms with van der Waals surface area (Å²) in [6.45, 7) is 0.622. The monoisotopic (exact) mass is 276 g/mol. The van der Waals surface area contributed by atoms with Crippen LogP contribution in [-0.4, -0.2) is 17.4 Å². The Morgan fingerprint density at radius 3 is 2.63 bits per heavy atom. The maximum absolute atomic E-state index is 11.8. The summed E-state index contributed by atoms with van der Waals surface area (Å²) < 4.78 is 0. The van der Waals surface area contributed by atoms with Gasteiger partial charge in [-0.15, -0.1) is 11.3 Å². The Bertz CT molecular complexity index is 550. The number of thiazole rings is 1. The van der Waals surface area contributed by atoms with E-state index in [-0.39, 0.29) is 12.3 Å². The van der Waals surface area contributed by atoms with E-state index in [1.54, 1.807) is 5.38 Å². The van der Waals surface area contributed by atoms with Crippen molar-refractivity contribution in [3.63, 3.8) is 0 Å². The van der Waals surface area contributed by atoms with Crippen molar-refractivity contribution < 1.29 is 4.79 Å². The molecule has 1 aromatic heterocycles. The molecule has 0 aliphatic rings. The van der Waals surface area contributed by atoms with Crippen LogP contribution < -0.4 is 16.8 Å². The van der Waals surface area contributed by atoms with Gasteiger partial charge in [-0.2, -0.15) is 0 Å². The molecule has 19 heavy (non-hydrogen) atoms. The number of nitrogens with zero attached hydrogens (tertiary/aromatic N) is 1.